The van der Waals surface area contributed by atoms with Crippen LogP contribution in [0.15, 0.2) is 30.3 Å². The van der Waals surface area contributed by atoms with Crippen molar-refractivity contribution in [2.45, 2.75) is 13.5 Å². The molecule has 0 radical (unpaired) electrons. The highest BCUT2D eigenvalue weighted by Crippen LogP contribution is 2.17. The number of benzene rings is 1. The van der Waals surface area contributed by atoms with Gasteiger partial charge < -0.3 is 19.7 Å². The van der Waals surface area contributed by atoms with Gasteiger partial charge in [-0.1, -0.05) is 12.1 Å². The first-order valence-electron chi connectivity index (χ1n) is 8.26. The predicted octanol–water partition coefficient (Wildman–Crippen LogP) is 1.56. The Morgan fingerprint density at radius 1 is 1.28 bits per heavy atom. The molecule has 1 aromatic heterocycles. The molecule has 0 unspecified atom stereocenters. The minimum absolute atomic E-state index is 0.213. The smallest absolute Gasteiger partial charge is 0.255 e. The molecular formula is C18H22N4O3. The SMILES string of the molecule is COc1ccccc1C(=O)NCc1nc(C)cc(N2CCOCC2)n1. The number of hydrogen-bond acceptors (Lipinski definition) is 6. The van der Waals surface area contributed by atoms with Crippen LogP contribution in [0.4, 0.5) is 5.82 Å². The van der Waals surface area contributed by atoms with E-state index in [0.717, 1.165) is 24.6 Å². The number of aryl methyl sites for hydroxylation is 1. The number of anilines is 1. The molecule has 0 atom stereocenters. The molecule has 7 heteroatoms. The second-order valence-corrected chi connectivity index (χ2v) is 5.77. The third kappa shape index (κ3) is 4.24. The largest absolute Gasteiger partial charge is 0.496 e. The van der Waals surface area contributed by atoms with Crippen molar-refractivity contribution in [2.75, 3.05) is 38.3 Å². The zero-order valence-corrected chi connectivity index (χ0v) is 14.5. The van der Waals surface area contributed by atoms with E-state index in [-0.39, 0.29) is 12.5 Å². The van der Waals surface area contributed by atoms with E-state index < -0.39 is 0 Å². The zero-order chi connectivity index (χ0) is 17.6. The van der Waals surface area contributed by atoms with Crippen LogP contribution >= 0.6 is 0 Å². The Labute approximate surface area is 147 Å². The summed E-state index contributed by atoms with van der Waals surface area (Å²) in [5.74, 6) is 1.79. The van der Waals surface area contributed by atoms with Gasteiger partial charge >= 0.3 is 0 Å². The highest BCUT2D eigenvalue weighted by atomic mass is 16.5. The first-order chi connectivity index (χ1) is 12.2. The van der Waals surface area contributed by atoms with Crippen LogP contribution in [0, 0.1) is 6.92 Å². The molecule has 0 spiro atoms. The third-order valence-corrected chi connectivity index (χ3v) is 3.98. The van der Waals surface area contributed by atoms with E-state index in [1.54, 1.807) is 25.3 Å². The van der Waals surface area contributed by atoms with E-state index in [1.165, 1.54) is 0 Å². The third-order valence-electron chi connectivity index (χ3n) is 3.98. The van der Waals surface area contributed by atoms with Crippen LogP contribution in [-0.2, 0) is 11.3 Å². The lowest BCUT2D eigenvalue weighted by atomic mass is 10.2. The summed E-state index contributed by atoms with van der Waals surface area (Å²) in [6, 6.07) is 9.07. The Morgan fingerprint density at radius 3 is 2.80 bits per heavy atom. The number of nitrogens with zero attached hydrogens (tertiary/aromatic N) is 3. The lowest BCUT2D eigenvalue weighted by molar-refractivity contribution is 0.0947. The monoisotopic (exact) mass is 342 g/mol. The zero-order valence-electron chi connectivity index (χ0n) is 14.5. The number of carbonyl (C=O) groups excluding carboxylic acids is 1. The molecule has 0 aliphatic carbocycles. The normalized spacial score (nSPS) is 14.2. The van der Waals surface area contributed by atoms with E-state index in [2.05, 4.69) is 20.2 Å². The van der Waals surface area contributed by atoms with Gasteiger partial charge in [-0.25, -0.2) is 9.97 Å². The second kappa shape index (κ2) is 7.94. The fraction of sp³-hybridized carbons (Fsp3) is 0.389. The number of morpholine rings is 1. The number of carbonyl (C=O) groups is 1. The molecule has 2 aromatic rings. The van der Waals surface area contributed by atoms with Crippen LogP contribution in [0.5, 0.6) is 5.75 Å². The summed E-state index contributed by atoms with van der Waals surface area (Å²) >= 11 is 0. The molecular weight excluding hydrogens is 320 g/mol. The molecule has 25 heavy (non-hydrogen) atoms. The molecule has 2 heterocycles. The van der Waals surface area contributed by atoms with E-state index >= 15 is 0 Å². The van der Waals surface area contributed by atoms with Crippen molar-refractivity contribution in [1.82, 2.24) is 15.3 Å². The Morgan fingerprint density at radius 2 is 2.04 bits per heavy atom. The highest BCUT2D eigenvalue weighted by Gasteiger charge is 2.15. The number of amides is 1. The van der Waals surface area contributed by atoms with E-state index in [4.69, 9.17) is 9.47 Å². The first kappa shape index (κ1) is 17.2. The summed E-state index contributed by atoms with van der Waals surface area (Å²) in [7, 11) is 1.55. The van der Waals surface area contributed by atoms with Crippen molar-refractivity contribution in [1.29, 1.82) is 0 Å². The van der Waals surface area contributed by atoms with E-state index in [0.29, 0.717) is 30.4 Å². The molecule has 7 nitrogen and oxygen atoms in total. The van der Waals surface area contributed by atoms with Crippen molar-refractivity contribution < 1.29 is 14.3 Å². The lowest BCUT2D eigenvalue weighted by Gasteiger charge is -2.28. The lowest BCUT2D eigenvalue weighted by Crippen LogP contribution is -2.37. The highest BCUT2D eigenvalue weighted by molar-refractivity contribution is 5.96. The van der Waals surface area contributed by atoms with E-state index in [9.17, 15) is 4.79 Å². The second-order valence-electron chi connectivity index (χ2n) is 5.77. The quantitative estimate of drug-likeness (QED) is 0.889. The predicted molar refractivity (Wildman–Crippen MR) is 94.0 cm³/mol. The van der Waals surface area contributed by atoms with Gasteiger partial charge in [0.15, 0.2) is 0 Å². The van der Waals surface area contributed by atoms with Crippen molar-refractivity contribution in [3.05, 3.63) is 47.4 Å². The summed E-state index contributed by atoms with van der Waals surface area (Å²) in [5.41, 5.74) is 1.36. The van der Waals surface area contributed by atoms with Gasteiger partial charge in [0, 0.05) is 24.8 Å². The van der Waals surface area contributed by atoms with Crippen LogP contribution in [0.1, 0.15) is 21.9 Å². The van der Waals surface area contributed by atoms with Gasteiger partial charge in [-0.15, -0.1) is 0 Å². The number of aromatic nitrogens is 2. The van der Waals surface area contributed by atoms with Gasteiger partial charge in [0.1, 0.15) is 17.4 Å². The van der Waals surface area contributed by atoms with E-state index in [1.807, 2.05) is 19.1 Å². The Kier molecular flexibility index (Phi) is 5.45. The van der Waals surface area contributed by atoms with Crippen LogP contribution in [-0.4, -0.2) is 49.3 Å². The van der Waals surface area contributed by atoms with Gasteiger partial charge in [0.2, 0.25) is 0 Å². The number of hydrogen-bond donors (Lipinski definition) is 1. The number of para-hydroxylation sites is 1. The summed E-state index contributed by atoms with van der Waals surface area (Å²) in [4.78, 5) is 23.6. The molecule has 1 aliphatic rings. The summed E-state index contributed by atoms with van der Waals surface area (Å²) in [6.07, 6.45) is 0. The molecule has 1 saturated heterocycles. The van der Waals surface area contributed by atoms with Gasteiger partial charge in [-0.05, 0) is 19.1 Å². The standard InChI is InChI=1S/C18H22N4O3/c1-13-11-17(22-7-9-25-10-8-22)21-16(20-13)12-19-18(23)14-5-3-4-6-15(14)24-2/h3-6,11H,7-10,12H2,1-2H3,(H,19,23). The van der Waals surface area contributed by atoms with Gasteiger partial charge in [-0.2, -0.15) is 0 Å². The molecule has 1 N–H and O–H groups in total. The Hall–Kier alpha value is -2.67. The van der Waals surface area contributed by atoms with Crippen LogP contribution < -0.4 is 15.0 Å². The molecule has 1 aromatic carbocycles. The van der Waals surface area contributed by atoms with Gasteiger partial charge in [0.05, 0.1) is 32.4 Å². The number of methoxy groups -OCH3 is 1. The average Bonchev–Trinajstić information content (AvgIpc) is 2.66. The van der Waals surface area contributed by atoms with Crippen LogP contribution in [0.2, 0.25) is 0 Å². The van der Waals surface area contributed by atoms with Crippen LogP contribution in [0.25, 0.3) is 0 Å². The molecule has 1 aliphatic heterocycles. The minimum atomic E-state index is -0.213. The average molecular weight is 342 g/mol. The topological polar surface area (TPSA) is 76.6 Å². The summed E-state index contributed by atoms with van der Waals surface area (Å²) < 4.78 is 10.6. The molecule has 1 amide bonds. The van der Waals surface area contributed by atoms with Crippen LogP contribution in [0.3, 0.4) is 0 Å². The van der Waals surface area contributed by atoms with Crippen molar-refractivity contribution in [2.24, 2.45) is 0 Å². The number of rotatable bonds is 5. The number of nitrogens with one attached hydrogen (secondary N) is 1. The molecule has 0 bridgehead atoms. The molecule has 0 saturated carbocycles. The summed E-state index contributed by atoms with van der Waals surface area (Å²) in [5, 5.41) is 2.86. The van der Waals surface area contributed by atoms with Crippen molar-refractivity contribution in [3.63, 3.8) is 0 Å². The Balaban J connectivity index is 1.70. The van der Waals surface area contributed by atoms with Gasteiger partial charge in [0.25, 0.3) is 5.91 Å². The molecule has 132 valence electrons. The van der Waals surface area contributed by atoms with Crippen molar-refractivity contribution >= 4 is 11.7 Å². The maximum Gasteiger partial charge on any atom is 0.255 e. The maximum absolute atomic E-state index is 12.4. The van der Waals surface area contributed by atoms with Crippen molar-refractivity contribution in [3.8, 4) is 5.75 Å². The number of ether oxygens (including phenoxy) is 2. The minimum Gasteiger partial charge on any atom is -0.496 e. The Bertz CT molecular complexity index is 745. The molecule has 3 rings (SSSR count). The van der Waals surface area contributed by atoms with Gasteiger partial charge in [-0.3, -0.25) is 4.79 Å². The summed E-state index contributed by atoms with van der Waals surface area (Å²) in [6.45, 7) is 5.20. The first-order valence-corrected chi connectivity index (χ1v) is 8.26. The maximum atomic E-state index is 12.4. The fourth-order valence-electron chi connectivity index (χ4n) is 2.73. The molecule has 1 fully saturated rings. The fourth-order valence-corrected chi connectivity index (χ4v) is 2.73.